The number of benzene rings is 1. The average Bonchev–Trinajstić information content (AvgIpc) is 2.52. The van der Waals surface area contributed by atoms with Gasteiger partial charge in [0.05, 0.1) is 28.5 Å². The number of phenolic OH excluding ortho intramolecular Hbond substituents is 1. The molecule has 6 nitrogen and oxygen atoms in total. The van der Waals surface area contributed by atoms with Crippen LogP contribution in [0.15, 0.2) is 34.9 Å². The maximum absolute atomic E-state index is 12.0. The SMILES string of the molecule is CC(C)OC(=O)CSC1=C(C#N)C(c2ccc(O)cc2)CC(=O)N1. The van der Waals surface area contributed by atoms with E-state index in [9.17, 15) is 20.0 Å². The zero-order valence-corrected chi connectivity index (χ0v) is 14.2. The van der Waals surface area contributed by atoms with Crippen LogP contribution in [-0.2, 0) is 14.3 Å². The fourth-order valence-electron chi connectivity index (χ4n) is 2.35. The molecule has 0 bridgehead atoms. The van der Waals surface area contributed by atoms with Gasteiger partial charge in [-0.1, -0.05) is 23.9 Å². The summed E-state index contributed by atoms with van der Waals surface area (Å²) < 4.78 is 5.06. The Kier molecular flexibility index (Phi) is 5.88. The van der Waals surface area contributed by atoms with Gasteiger partial charge in [0.2, 0.25) is 5.91 Å². The molecule has 2 N–H and O–H groups in total. The van der Waals surface area contributed by atoms with Gasteiger partial charge in [-0.25, -0.2) is 0 Å². The van der Waals surface area contributed by atoms with E-state index in [1.54, 1.807) is 26.0 Å². The molecule has 24 heavy (non-hydrogen) atoms. The maximum Gasteiger partial charge on any atom is 0.316 e. The Bertz CT molecular complexity index is 704. The summed E-state index contributed by atoms with van der Waals surface area (Å²) in [5.41, 5.74) is 1.17. The molecule has 0 fully saturated rings. The Morgan fingerprint density at radius 3 is 2.71 bits per heavy atom. The summed E-state index contributed by atoms with van der Waals surface area (Å²) in [6.07, 6.45) is -0.0676. The number of hydrogen-bond acceptors (Lipinski definition) is 6. The Morgan fingerprint density at radius 2 is 2.12 bits per heavy atom. The first-order valence-corrected chi connectivity index (χ1v) is 8.44. The van der Waals surface area contributed by atoms with Crippen molar-refractivity contribution in [2.45, 2.75) is 32.3 Å². The molecule has 0 aliphatic carbocycles. The van der Waals surface area contributed by atoms with Crippen molar-refractivity contribution in [1.82, 2.24) is 5.32 Å². The number of nitriles is 1. The molecule has 1 aliphatic heterocycles. The lowest BCUT2D eigenvalue weighted by Gasteiger charge is -2.25. The lowest BCUT2D eigenvalue weighted by Crippen LogP contribution is -2.31. The number of esters is 1. The third-order valence-electron chi connectivity index (χ3n) is 3.35. The predicted molar refractivity (Wildman–Crippen MR) is 89.9 cm³/mol. The van der Waals surface area contributed by atoms with E-state index in [-0.39, 0.29) is 29.9 Å². The number of allylic oxidation sites excluding steroid dienone is 1. The Balaban J connectivity index is 2.23. The van der Waals surface area contributed by atoms with Gasteiger partial charge in [0, 0.05) is 12.3 Å². The number of phenols is 1. The standard InChI is InChI=1S/C17H18N2O4S/c1-10(2)23-16(22)9-24-17-14(8-18)13(7-15(21)19-17)11-3-5-12(20)6-4-11/h3-6,10,13,20H,7,9H2,1-2H3,(H,19,21). The van der Waals surface area contributed by atoms with E-state index in [4.69, 9.17) is 4.74 Å². The summed E-state index contributed by atoms with van der Waals surface area (Å²) in [6.45, 7) is 3.51. The molecular formula is C17H18N2O4S. The lowest BCUT2D eigenvalue weighted by molar-refractivity contribution is -0.144. The molecule has 0 aromatic heterocycles. The van der Waals surface area contributed by atoms with Crippen molar-refractivity contribution in [2.24, 2.45) is 0 Å². The number of nitrogens with zero attached hydrogens (tertiary/aromatic N) is 1. The van der Waals surface area contributed by atoms with Gasteiger partial charge < -0.3 is 15.2 Å². The summed E-state index contributed by atoms with van der Waals surface area (Å²) in [7, 11) is 0. The van der Waals surface area contributed by atoms with E-state index < -0.39 is 11.9 Å². The first kappa shape index (κ1) is 17.9. The predicted octanol–water partition coefficient (Wildman–Crippen LogP) is 2.42. The normalized spacial score (nSPS) is 17.4. The van der Waals surface area contributed by atoms with Crippen molar-refractivity contribution in [3.63, 3.8) is 0 Å². The van der Waals surface area contributed by atoms with Crippen LogP contribution in [0.1, 0.15) is 31.7 Å². The van der Waals surface area contributed by atoms with Crippen molar-refractivity contribution < 1.29 is 19.4 Å². The van der Waals surface area contributed by atoms with Crippen LogP contribution in [0.5, 0.6) is 5.75 Å². The zero-order valence-electron chi connectivity index (χ0n) is 13.4. The third kappa shape index (κ3) is 4.52. The first-order valence-electron chi connectivity index (χ1n) is 7.46. The van der Waals surface area contributed by atoms with Gasteiger partial charge in [0.25, 0.3) is 0 Å². The van der Waals surface area contributed by atoms with Crippen LogP contribution in [0.25, 0.3) is 0 Å². The van der Waals surface area contributed by atoms with E-state index in [1.165, 1.54) is 12.1 Å². The van der Waals surface area contributed by atoms with Gasteiger partial charge in [-0.05, 0) is 31.5 Å². The molecule has 1 aromatic rings. The van der Waals surface area contributed by atoms with Gasteiger partial charge in [-0.2, -0.15) is 5.26 Å². The molecule has 1 amide bonds. The quantitative estimate of drug-likeness (QED) is 0.794. The van der Waals surface area contributed by atoms with Crippen molar-refractivity contribution in [1.29, 1.82) is 5.26 Å². The summed E-state index contributed by atoms with van der Waals surface area (Å²) in [4.78, 5) is 23.6. The largest absolute Gasteiger partial charge is 0.508 e. The minimum Gasteiger partial charge on any atom is -0.508 e. The van der Waals surface area contributed by atoms with Crippen LogP contribution in [0.4, 0.5) is 0 Å². The molecule has 0 saturated heterocycles. The maximum atomic E-state index is 12.0. The summed E-state index contributed by atoms with van der Waals surface area (Å²) in [5.74, 6) is -0.880. The monoisotopic (exact) mass is 346 g/mol. The van der Waals surface area contributed by atoms with Crippen molar-refractivity contribution >= 4 is 23.6 Å². The third-order valence-corrected chi connectivity index (χ3v) is 4.34. The Labute approximate surface area is 144 Å². The number of carbonyl (C=O) groups is 2. The second-order valence-electron chi connectivity index (χ2n) is 5.58. The van der Waals surface area contributed by atoms with Gasteiger partial charge in [-0.15, -0.1) is 0 Å². The van der Waals surface area contributed by atoms with E-state index in [1.807, 2.05) is 0 Å². The van der Waals surface area contributed by atoms with Gasteiger partial charge in [-0.3, -0.25) is 9.59 Å². The number of carbonyl (C=O) groups excluding carboxylic acids is 2. The molecular weight excluding hydrogens is 328 g/mol. The molecule has 7 heteroatoms. The molecule has 0 spiro atoms. The topological polar surface area (TPSA) is 99.4 Å². The van der Waals surface area contributed by atoms with Crippen LogP contribution >= 0.6 is 11.8 Å². The van der Waals surface area contributed by atoms with Crippen molar-refractivity contribution in [2.75, 3.05) is 5.75 Å². The van der Waals surface area contributed by atoms with Crippen LogP contribution in [0.2, 0.25) is 0 Å². The second-order valence-corrected chi connectivity index (χ2v) is 6.56. The fraction of sp³-hybridized carbons (Fsp3) is 0.353. The number of aromatic hydroxyl groups is 1. The molecule has 1 heterocycles. The Morgan fingerprint density at radius 1 is 1.46 bits per heavy atom. The minimum absolute atomic E-state index is 0.0151. The minimum atomic E-state index is -0.402. The van der Waals surface area contributed by atoms with Crippen LogP contribution in [-0.4, -0.2) is 28.8 Å². The number of thioether (sulfide) groups is 1. The number of ether oxygens (including phenoxy) is 1. The average molecular weight is 346 g/mol. The number of amides is 1. The van der Waals surface area contributed by atoms with Crippen molar-refractivity contribution in [3.05, 3.63) is 40.4 Å². The molecule has 0 saturated carbocycles. The van der Waals surface area contributed by atoms with Crippen LogP contribution < -0.4 is 5.32 Å². The highest BCUT2D eigenvalue weighted by Crippen LogP contribution is 2.36. The molecule has 126 valence electrons. The lowest BCUT2D eigenvalue weighted by atomic mass is 9.87. The Hall–Kier alpha value is -2.46. The summed E-state index contributed by atoms with van der Waals surface area (Å²) in [6, 6.07) is 8.54. The van der Waals surface area contributed by atoms with E-state index in [0.717, 1.165) is 17.3 Å². The van der Waals surface area contributed by atoms with Crippen molar-refractivity contribution in [3.8, 4) is 11.8 Å². The highest BCUT2D eigenvalue weighted by atomic mass is 32.2. The molecule has 0 radical (unpaired) electrons. The first-order chi connectivity index (χ1) is 11.4. The molecule has 1 atom stereocenters. The van der Waals surface area contributed by atoms with Crippen LogP contribution in [0, 0.1) is 11.3 Å². The van der Waals surface area contributed by atoms with Crippen LogP contribution in [0.3, 0.4) is 0 Å². The molecule has 1 unspecified atom stereocenters. The molecule has 1 aromatic carbocycles. The highest BCUT2D eigenvalue weighted by molar-refractivity contribution is 8.03. The molecule has 2 rings (SSSR count). The van der Waals surface area contributed by atoms with Gasteiger partial charge >= 0.3 is 5.97 Å². The second kappa shape index (κ2) is 7.88. The zero-order chi connectivity index (χ0) is 17.7. The number of hydrogen-bond donors (Lipinski definition) is 2. The number of nitrogens with one attached hydrogen (secondary N) is 1. The van der Waals surface area contributed by atoms with Gasteiger partial charge in [0.15, 0.2) is 0 Å². The van der Waals surface area contributed by atoms with E-state index in [2.05, 4.69) is 11.4 Å². The highest BCUT2D eigenvalue weighted by Gasteiger charge is 2.30. The summed E-state index contributed by atoms with van der Waals surface area (Å²) >= 11 is 1.09. The van der Waals surface area contributed by atoms with E-state index >= 15 is 0 Å². The van der Waals surface area contributed by atoms with E-state index in [0.29, 0.717) is 10.6 Å². The number of rotatable bonds is 5. The molecule has 1 aliphatic rings. The smallest absolute Gasteiger partial charge is 0.316 e. The summed E-state index contributed by atoms with van der Waals surface area (Å²) in [5, 5.41) is 21.9. The van der Waals surface area contributed by atoms with Gasteiger partial charge in [0.1, 0.15) is 5.75 Å². The fourth-order valence-corrected chi connectivity index (χ4v) is 3.21.